The Bertz CT molecular complexity index is 2570. The van der Waals surface area contributed by atoms with Gasteiger partial charge in [-0.25, -0.2) is 19.4 Å². The van der Waals surface area contributed by atoms with E-state index in [0.717, 1.165) is 51.4 Å². The van der Waals surface area contributed by atoms with Crippen LogP contribution in [0.3, 0.4) is 0 Å². The number of phenols is 1. The number of ether oxygens (including phenoxy) is 10. The summed E-state index contributed by atoms with van der Waals surface area (Å²) in [5, 5.41) is 10.5. The van der Waals surface area contributed by atoms with Crippen LogP contribution >= 0.6 is 0 Å². The van der Waals surface area contributed by atoms with Crippen molar-refractivity contribution in [2.45, 2.75) is 127 Å². The van der Waals surface area contributed by atoms with Gasteiger partial charge in [0.05, 0.1) is 73.7 Å². The Kier molecular flexibility index (Phi) is 19.1. The first-order valence-corrected chi connectivity index (χ1v) is 26.1. The van der Waals surface area contributed by atoms with Crippen molar-refractivity contribution in [1.29, 1.82) is 0 Å². The van der Waals surface area contributed by atoms with Crippen molar-refractivity contribution in [2.24, 2.45) is 0 Å². The predicted molar refractivity (Wildman–Crippen MR) is 274 cm³/mol. The third-order valence-corrected chi connectivity index (χ3v) is 14.0. The number of benzene rings is 2. The number of hydrogen-bond donors (Lipinski definition) is 1. The van der Waals surface area contributed by atoms with Gasteiger partial charge in [-0.05, 0) is 101 Å². The molecule has 4 unspecified atom stereocenters. The number of piperidine rings is 2. The average molecular weight is 1060 g/mol. The van der Waals surface area contributed by atoms with Crippen LogP contribution in [0.15, 0.2) is 67.8 Å². The molecule has 6 aliphatic heterocycles. The molecule has 6 aliphatic rings. The molecule has 0 aliphatic carbocycles. The van der Waals surface area contributed by atoms with Crippen LogP contribution in [0.5, 0.6) is 23.0 Å². The van der Waals surface area contributed by atoms with Crippen LogP contribution in [0.25, 0.3) is 0 Å². The van der Waals surface area contributed by atoms with E-state index < -0.39 is 49.2 Å². The molecule has 1 N–H and O–H groups in total. The number of fused-ring (bicyclic) bond motifs is 4. The number of aromatic hydroxyl groups is 1. The maximum Gasteiger partial charge on any atom is 0.416 e. The predicted octanol–water partition coefficient (Wildman–Crippen LogP) is 7.80. The minimum atomic E-state index is -0.862. The molecule has 0 spiro atoms. The number of methoxy groups -OCH3 is 3. The summed E-state index contributed by atoms with van der Waals surface area (Å²) in [6.07, 6.45) is 8.90. The third-order valence-electron chi connectivity index (χ3n) is 14.0. The van der Waals surface area contributed by atoms with Crippen LogP contribution in [-0.4, -0.2) is 148 Å². The van der Waals surface area contributed by atoms with Gasteiger partial charge in [-0.1, -0.05) is 31.4 Å². The zero-order chi connectivity index (χ0) is 53.7. The van der Waals surface area contributed by atoms with Crippen molar-refractivity contribution in [3.63, 3.8) is 0 Å². The van der Waals surface area contributed by atoms with E-state index >= 15 is 0 Å². The van der Waals surface area contributed by atoms with Gasteiger partial charge in [0.1, 0.15) is 19.8 Å². The van der Waals surface area contributed by atoms with E-state index in [1.165, 1.54) is 55.4 Å². The van der Waals surface area contributed by atoms with E-state index in [2.05, 4.69) is 18.1 Å². The van der Waals surface area contributed by atoms with E-state index in [0.29, 0.717) is 69.1 Å². The number of carbonyl (C=O) groups is 5. The number of hydrogen-bond acceptors (Lipinski definition) is 17. The summed E-state index contributed by atoms with van der Waals surface area (Å²) >= 11 is 0. The maximum absolute atomic E-state index is 14.1. The quantitative estimate of drug-likeness (QED) is 0.0871. The second-order valence-corrected chi connectivity index (χ2v) is 19.0. The number of pyridine rings is 1. The lowest BCUT2D eigenvalue weighted by atomic mass is 10.00. The molecule has 7 heterocycles. The first-order chi connectivity index (χ1) is 37.0. The Hall–Kier alpha value is -6.94. The van der Waals surface area contributed by atoms with Crippen molar-refractivity contribution in [3.05, 3.63) is 90.3 Å². The van der Waals surface area contributed by atoms with E-state index in [4.69, 9.17) is 47.4 Å². The number of carbonyl (C=O) groups excluding carboxylic acids is 5. The lowest BCUT2D eigenvalue weighted by molar-refractivity contribution is -0.199. The van der Waals surface area contributed by atoms with Gasteiger partial charge in [0.25, 0.3) is 11.8 Å². The number of nitrogens with zero attached hydrogens (tertiary/aromatic N) is 5. The minimum Gasteiger partial charge on any atom is -0.504 e. The van der Waals surface area contributed by atoms with Gasteiger partial charge in [-0.15, -0.1) is 0 Å². The first kappa shape index (κ1) is 55.3. The molecule has 76 heavy (non-hydrogen) atoms. The van der Waals surface area contributed by atoms with Gasteiger partial charge in [-0.2, -0.15) is 0 Å². The molecule has 6 atom stereocenters. The topological polar surface area (TPSA) is 224 Å². The molecule has 21 nitrogen and oxygen atoms in total. The minimum absolute atomic E-state index is 0.00177. The van der Waals surface area contributed by atoms with Crippen molar-refractivity contribution >= 4 is 41.3 Å². The monoisotopic (exact) mass is 1060 g/mol. The smallest absolute Gasteiger partial charge is 0.416 e. The summed E-state index contributed by atoms with van der Waals surface area (Å²) < 4.78 is 57.3. The van der Waals surface area contributed by atoms with Crippen LogP contribution in [0, 0.1) is 0 Å². The van der Waals surface area contributed by atoms with Crippen LogP contribution in [-0.2, 0) is 51.0 Å². The molecule has 0 bridgehead atoms. The second-order valence-electron chi connectivity index (χ2n) is 19.0. The van der Waals surface area contributed by atoms with Crippen LogP contribution in [0.4, 0.5) is 21.0 Å². The molecule has 21 heteroatoms. The molecule has 0 saturated carbocycles. The van der Waals surface area contributed by atoms with Gasteiger partial charge in [0, 0.05) is 38.4 Å². The second kappa shape index (κ2) is 26.2. The SMILES string of the molecule is C=CCOC(=O)N1c2cc(O)c(OC)cc2C(=O)N2CCCC[C@H]2C1OC1CCCCO1.C=CCOC(=O)N1c2cc(OCc3cccc(CC(=O)OC)n3)c(OC)cc2C(=O)N2CCCC[C@H]2C1OC1CCCCO1. The summed E-state index contributed by atoms with van der Waals surface area (Å²) in [4.78, 5) is 77.2. The fourth-order valence-corrected chi connectivity index (χ4v) is 10.4. The fraction of sp³-hybridized carbons (Fsp3) is 0.527. The van der Waals surface area contributed by atoms with Gasteiger partial charge in [-0.3, -0.25) is 19.4 Å². The van der Waals surface area contributed by atoms with Gasteiger partial charge in [0.15, 0.2) is 48.0 Å². The number of amides is 4. The maximum atomic E-state index is 14.1. The zero-order valence-corrected chi connectivity index (χ0v) is 43.5. The normalized spacial score (nSPS) is 23.1. The van der Waals surface area contributed by atoms with Crippen molar-refractivity contribution in [2.75, 3.05) is 70.6 Å². The Morgan fingerprint density at radius 3 is 1.68 bits per heavy atom. The Morgan fingerprint density at radius 2 is 1.18 bits per heavy atom. The summed E-state index contributed by atoms with van der Waals surface area (Å²) in [7, 11) is 4.22. The first-order valence-electron chi connectivity index (χ1n) is 26.1. The number of esters is 1. The highest BCUT2D eigenvalue weighted by molar-refractivity contribution is 6.07. The average Bonchev–Trinajstić information content (AvgIpc) is 3.61. The van der Waals surface area contributed by atoms with Gasteiger partial charge >= 0.3 is 18.2 Å². The van der Waals surface area contributed by atoms with E-state index in [1.807, 2.05) is 0 Å². The van der Waals surface area contributed by atoms with Gasteiger partial charge in [0.2, 0.25) is 0 Å². The van der Waals surface area contributed by atoms with Crippen molar-refractivity contribution < 1.29 is 76.4 Å². The highest BCUT2D eigenvalue weighted by Gasteiger charge is 2.49. The Morgan fingerprint density at radius 1 is 0.671 bits per heavy atom. The van der Waals surface area contributed by atoms with Crippen molar-refractivity contribution in [1.82, 2.24) is 14.8 Å². The number of phenolic OH excluding ortho intramolecular Hbond substituents is 1. The molecule has 3 aromatic rings. The lowest BCUT2D eigenvalue weighted by Crippen LogP contribution is -2.57. The molecule has 2 aromatic carbocycles. The molecular weight excluding hydrogens is 987 g/mol. The Labute approximate surface area is 442 Å². The molecule has 0 radical (unpaired) electrons. The largest absolute Gasteiger partial charge is 0.504 e. The molecule has 1 aromatic heterocycles. The molecule has 4 amide bonds. The summed E-state index contributed by atoms with van der Waals surface area (Å²) in [5.41, 5.74) is 2.12. The number of aromatic nitrogens is 1. The third kappa shape index (κ3) is 12.7. The summed E-state index contributed by atoms with van der Waals surface area (Å²) in [6.45, 7) is 9.50. The van der Waals surface area contributed by atoms with E-state index in [-0.39, 0.29) is 83.8 Å². The standard InChI is InChI=1S/C32H39N3O9.C23H30N2O7/c1-4-15-42-32(38)35-25-19-27(43-20-22-11-9-10-21(33-22)17-28(36)40-3)26(39-2)18-23(25)30(37)34-14-7-5-12-24(34)31(35)44-29-13-6-8-16-41-29;1-3-11-31-23(28)25-17-14-18(26)19(29-2)13-15(17)21(27)24-10-6-4-8-16(24)22(25)32-20-9-5-7-12-30-20/h4,9-11,18-19,24,29,31H,1,5-8,12-17,20H2,2-3H3;3,13-14,16,20,22,26H,1,4-12H2,2H3/t24-,29?,31?;16-,20?,22?/m00/s1. The van der Waals surface area contributed by atoms with Crippen LogP contribution in [0.2, 0.25) is 0 Å². The summed E-state index contributed by atoms with van der Waals surface area (Å²) in [6, 6.07) is 10.5. The van der Waals surface area contributed by atoms with Crippen LogP contribution in [0.1, 0.15) is 109 Å². The van der Waals surface area contributed by atoms with Gasteiger partial charge < -0.3 is 62.3 Å². The molecule has 4 fully saturated rings. The molecule has 9 rings (SSSR count). The zero-order valence-electron chi connectivity index (χ0n) is 43.5. The Balaban J connectivity index is 0.000000212. The molecule has 4 saturated heterocycles. The number of anilines is 2. The summed E-state index contributed by atoms with van der Waals surface area (Å²) in [5.74, 6) is -0.306. The van der Waals surface area contributed by atoms with Crippen molar-refractivity contribution in [3.8, 4) is 23.0 Å². The van der Waals surface area contributed by atoms with E-state index in [9.17, 15) is 29.1 Å². The fourth-order valence-electron chi connectivity index (χ4n) is 10.4. The lowest BCUT2D eigenvalue weighted by Gasteiger charge is -2.42. The molecule has 410 valence electrons. The van der Waals surface area contributed by atoms with E-state index in [1.54, 1.807) is 40.1 Å². The van der Waals surface area contributed by atoms with Crippen LogP contribution < -0.4 is 24.0 Å². The highest BCUT2D eigenvalue weighted by Crippen LogP contribution is 2.44. The molecular formula is C55H69N5O16. The number of rotatable bonds is 15. The highest BCUT2D eigenvalue weighted by atomic mass is 16.7.